The van der Waals surface area contributed by atoms with E-state index in [9.17, 15) is 4.79 Å². The fourth-order valence-electron chi connectivity index (χ4n) is 2.80. The van der Waals surface area contributed by atoms with Crippen LogP contribution in [0.2, 0.25) is 0 Å². The Morgan fingerprint density at radius 2 is 2.00 bits per heavy atom. The van der Waals surface area contributed by atoms with E-state index >= 15 is 0 Å². The minimum Gasteiger partial charge on any atom is -0.298 e. The molecule has 4 rings (SSSR count). The third-order valence-corrected chi connectivity index (χ3v) is 4.78. The van der Waals surface area contributed by atoms with Gasteiger partial charge >= 0.3 is 0 Å². The second-order valence-corrected chi connectivity index (χ2v) is 6.92. The van der Waals surface area contributed by atoms with E-state index in [2.05, 4.69) is 20.3 Å². The maximum atomic E-state index is 12.9. The quantitative estimate of drug-likeness (QED) is 0.579. The van der Waals surface area contributed by atoms with Crippen LogP contribution in [-0.4, -0.2) is 20.9 Å². The van der Waals surface area contributed by atoms with Crippen LogP contribution in [0.25, 0.3) is 22.2 Å². The molecule has 0 radical (unpaired) electrons. The number of nitrogens with zero attached hydrogens (tertiary/aromatic N) is 3. The zero-order valence-corrected chi connectivity index (χ0v) is 15.2. The molecule has 0 saturated heterocycles. The molecule has 0 spiro atoms. The molecule has 1 aromatic carbocycles. The molecule has 0 unspecified atom stereocenters. The third kappa shape index (κ3) is 3.19. The standard InChI is InChI=1S/C20H16N4OS/c1-12-5-6-17-15(8-12)16(9-13(2)22-17)19(25)24-20-23-18(11-26-20)14-4-3-7-21-10-14/h3-11H,1-2H3,(H,23,24,25). The average Bonchev–Trinajstić information content (AvgIpc) is 3.10. The number of hydrogen-bond acceptors (Lipinski definition) is 5. The number of amides is 1. The first kappa shape index (κ1) is 16.4. The Kier molecular flexibility index (Phi) is 4.18. The van der Waals surface area contributed by atoms with Gasteiger partial charge in [-0.25, -0.2) is 4.98 Å². The van der Waals surface area contributed by atoms with Crippen LogP contribution in [0.1, 0.15) is 21.6 Å². The molecule has 0 atom stereocenters. The number of aromatic nitrogens is 3. The SMILES string of the molecule is Cc1ccc2nc(C)cc(C(=O)Nc3nc(-c4cccnc4)cs3)c2c1. The zero-order chi connectivity index (χ0) is 18.1. The number of pyridine rings is 2. The van der Waals surface area contributed by atoms with Gasteiger partial charge in [0.25, 0.3) is 5.91 Å². The largest absolute Gasteiger partial charge is 0.298 e. The maximum Gasteiger partial charge on any atom is 0.258 e. The Labute approximate surface area is 154 Å². The molecule has 0 aliphatic rings. The number of nitrogens with one attached hydrogen (secondary N) is 1. The van der Waals surface area contributed by atoms with Gasteiger partial charge in [-0.1, -0.05) is 11.6 Å². The molecular weight excluding hydrogens is 344 g/mol. The monoisotopic (exact) mass is 360 g/mol. The minimum absolute atomic E-state index is 0.182. The molecule has 0 fully saturated rings. The van der Waals surface area contributed by atoms with E-state index in [1.165, 1.54) is 11.3 Å². The lowest BCUT2D eigenvalue weighted by Gasteiger charge is -2.08. The molecule has 0 bridgehead atoms. The third-order valence-electron chi connectivity index (χ3n) is 4.02. The zero-order valence-electron chi connectivity index (χ0n) is 14.4. The van der Waals surface area contributed by atoms with Crippen molar-refractivity contribution in [2.24, 2.45) is 0 Å². The Balaban J connectivity index is 1.66. The van der Waals surface area contributed by atoms with Gasteiger partial charge in [0.1, 0.15) is 0 Å². The van der Waals surface area contributed by atoms with Crippen LogP contribution >= 0.6 is 11.3 Å². The predicted octanol–water partition coefficient (Wildman–Crippen LogP) is 4.62. The van der Waals surface area contributed by atoms with Crippen molar-refractivity contribution in [1.82, 2.24) is 15.0 Å². The van der Waals surface area contributed by atoms with E-state index in [1.807, 2.05) is 55.6 Å². The number of carbonyl (C=O) groups is 1. The van der Waals surface area contributed by atoms with Gasteiger partial charge in [0.2, 0.25) is 0 Å². The van der Waals surface area contributed by atoms with E-state index in [1.54, 1.807) is 12.4 Å². The van der Waals surface area contributed by atoms with Crippen LogP contribution in [0.5, 0.6) is 0 Å². The maximum absolute atomic E-state index is 12.9. The molecule has 3 heterocycles. The smallest absolute Gasteiger partial charge is 0.258 e. The lowest BCUT2D eigenvalue weighted by molar-refractivity contribution is 0.102. The summed E-state index contributed by atoms with van der Waals surface area (Å²) in [6, 6.07) is 11.5. The van der Waals surface area contributed by atoms with Crippen molar-refractivity contribution in [2.75, 3.05) is 5.32 Å². The van der Waals surface area contributed by atoms with Crippen LogP contribution in [-0.2, 0) is 0 Å². The summed E-state index contributed by atoms with van der Waals surface area (Å²) < 4.78 is 0. The molecule has 6 heteroatoms. The van der Waals surface area contributed by atoms with Gasteiger partial charge in [-0.15, -0.1) is 11.3 Å². The number of hydrogen-bond donors (Lipinski definition) is 1. The lowest BCUT2D eigenvalue weighted by atomic mass is 10.0. The molecule has 0 saturated carbocycles. The van der Waals surface area contributed by atoms with Crippen molar-refractivity contribution in [1.29, 1.82) is 0 Å². The number of carbonyl (C=O) groups excluding carboxylic acids is 1. The highest BCUT2D eigenvalue weighted by Gasteiger charge is 2.14. The van der Waals surface area contributed by atoms with Gasteiger partial charge in [0, 0.05) is 34.4 Å². The highest BCUT2D eigenvalue weighted by Crippen LogP contribution is 2.26. The van der Waals surface area contributed by atoms with Crippen LogP contribution in [0.4, 0.5) is 5.13 Å². The fourth-order valence-corrected chi connectivity index (χ4v) is 3.52. The summed E-state index contributed by atoms with van der Waals surface area (Å²) in [5, 5.41) is 6.22. The molecular formula is C20H16N4OS. The molecule has 3 aromatic heterocycles. The molecule has 1 N–H and O–H groups in total. The summed E-state index contributed by atoms with van der Waals surface area (Å²) in [7, 11) is 0. The molecule has 5 nitrogen and oxygen atoms in total. The Hall–Kier alpha value is -3.12. The van der Waals surface area contributed by atoms with Crippen molar-refractivity contribution >= 4 is 33.3 Å². The predicted molar refractivity (Wildman–Crippen MR) is 105 cm³/mol. The number of benzene rings is 1. The van der Waals surface area contributed by atoms with Gasteiger partial charge in [0.15, 0.2) is 5.13 Å². The number of rotatable bonds is 3. The van der Waals surface area contributed by atoms with E-state index in [0.29, 0.717) is 10.7 Å². The van der Waals surface area contributed by atoms with Crippen molar-refractivity contribution < 1.29 is 4.79 Å². The van der Waals surface area contributed by atoms with Crippen molar-refractivity contribution in [2.45, 2.75) is 13.8 Å². The highest BCUT2D eigenvalue weighted by molar-refractivity contribution is 7.14. The number of fused-ring (bicyclic) bond motifs is 1. The Morgan fingerprint density at radius 3 is 2.81 bits per heavy atom. The van der Waals surface area contributed by atoms with E-state index < -0.39 is 0 Å². The second kappa shape index (κ2) is 6.65. The van der Waals surface area contributed by atoms with Crippen LogP contribution in [0, 0.1) is 13.8 Å². The second-order valence-electron chi connectivity index (χ2n) is 6.07. The number of aryl methyl sites for hydroxylation is 2. The molecule has 0 aliphatic heterocycles. The van der Waals surface area contributed by atoms with E-state index in [4.69, 9.17) is 0 Å². The van der Waals surface area contributed by atoms with E-state index in [0.717, 1.165) is 33.4 Å². The van der Waals surface area contributed by atoms with Gasteiger partial charge in [-0.3, -0.25) is 20.1 Å². The number of anilines is 1. The van der Waals surface area contributed by atoms with Crippen LogP contribution in [0.3, 0.4) is 0 Å². The first-order valence-electron chi connectivity index (χ1n) is 8.15. The molecule has 1 amide bonds. The first-order valence-corrected chi connectivity index (χ1v) is 9.03. The summed E-state index contributed by atoms with van der Waals surface area (Å²) in [6.45, 7) is 3.89. The highest BCUT2D eigenvalue weighted by atomic mass is 32.1. The first-order chi connectivity index (χ1) is 12.6. The Bertz CT molecular complexity index is 1110. The molecule has 128 valence electrons. The summed E-state index contributed by atoms with van der Waals surface area (Å²) in [5.74, 6) is -0.182. The minimum atomic E-state index is -0.182. The van der Waals surface area contributed by atoms with Crippen molar-refractivity contribution in [3.05, 3.63) is 71.0 Å². The summed E-state index contributed by atoms with van der Waals surface area (Å²) in [5.41, 5.74) is 5.03. The molecule has 4 aromatic rings. The summed E-state index contributed by atoms with van der Waals surface area (Å²) in [4.78, 5) is 26.0. The topological polar surface area (TPSA) is 67.8 Å². The summed E-state index contributed by atoms with van der Waals surface area (Å²) >= 11 is 1.39. The average molecular weight is 360 g/mol. The van der Waals surface area contributed by atoms with Gasteiger partial charge < -0.3 is 0 Å². The Morgan fingerprint density at radius 1 is 1.12 bits per heavy atom. The van der Waals surface area contributed by atoms with E-state index in [-0.39, 0.29) is 5.91 Å². The van der Waals surface area contributed by atoms with Gasteiger partial charge in [0.05, 0.1) is 16.8 Å². The van der Waals surface area contributed by atoms with Gasteiger partial charge in [-0.2, -0.15) is 0 Å². The van der Waals surface area contributed by atoms with Crippen molar-refractivity contribution in [3.63, 3.8) is 0 Å². The van der Waals surface area contributed by atoms with Gasteiger partial charge in [-0.05, 0) is 44.2 Å². The normalized spacial score (nSPS) is 10.8. The van der Waals surface area contributed by atoms with Crippen LogP contribution < -0.4 is 5.32 Å². The molecule has 0 aliphatic carbocycles. The number of thiazole rings is 1. The van der Waals surface area contributed by atoms with Crippen LogP contribution in [0.15, 0.2) is 54.2 Å². The lowest BCUT2D eigenvalue weighted by Crippen LogP contribution is -2.13. The summed E-state index contributed by atoms with van der Waals surface area (Å²) in [6.07, 6.45) is 3.47. The fraction of sp³-hybridized carbons (Fsp3) is 0.100. The molecule has 26 heavy (non-hydrogen) atoms. The van der Waals surface area contributed by atoms with Crippen molar-refractivity contribution in [3.8, 4) is 11.3 Å².